The Bertz CT molecular complexity index is 793. The lowest BCUT2D eigenvalue weighted by atomic mass is 10.3. The molecule has 0 aromatic carbocycles. The molecule has 0 heterocycles. The highest BCUT2D eigenvalue weighted by Crippen LogP contribution is 2.40. The number of hydrogen-bond donors (Lipinski definition) is 0. The minimum absolute atomic E-state index is 0.234. The van der Waals surface area contributed by atoms with Crippen LogP contribution in [0.4, 0.5) is 13.2 Å². The minimum atomic E-state index is -6.69. The van der Waals surface area contributed by atoms with E-state index in [0.717, 1.165) is 0 Å². The number of hydrogen-bond acceptors (Lipinski definition) is 6. The second-order valence-electron chi connectivity index (χ2n) is 7.42. The van der Waals surface area contributed by atoms with Crippen LogP contribution in [0.5, 0.6) is 0 Å². The second kappa shape index (κ2) is 13.4. The van der Waals surface area contributed by atoms with E-state index in [-0.39, 0.29) is 51.9 Å². The lowest BCUT2D eigenvalue weighted by Gasteiger charge is -2.39. The molecule has 0 atom stereocenters. The number of alkyl halides is 3. The molecular formula is C18H36F3N2O6S3-. The highest BCUT2D eigenvalue weighted by molar-refractivity contribution is 8.27. The minimum Gasteiger partial charge on any atom is -0.251 e. The van der Waals surface area contributed by atoms with Crippen LogP contribution in [0.2, 0.25) is 0 Å². The van der Waals surface area contributed by atoms with E-state index in [1.165, 1.54) is 0 Å². The van der Waals surface area contributed by atoms with Crippen LogP contribution in [0.15, 0.2) is 0 Å². The van der Waals surface area contributed by atoms with Crippen molar-refractivity contribution in [1.29, 1.82) is 0 Å². The molecule has 32 heavy (non-hydrogen) atoms. The van der Waals surface area contributed by atoms with E-state index in [1.54, 1.807) is 27.7 Å². The number of halogens is 3. The summed E-state index contributed by atoms with van der Waals surface area (Å²) < 4.78 is 117. The Balaban J connectivity index is 6.84. The molecule has 0 saturated heterocycles. The maximum atomic E-state index is 13.5. The lowest BCUT2D eigenvalue weighted by molar-refractivity contribution is -0.0428. The fraction of sp³-hybridized carbons (Fsp3) is 0.944. The first-order chi connectivity index (χ1) is 14.7. The van der Waals surface area contributed by atoms with Crippen molar-refractivity contribution in [3.05, 3.63) is 3.91 Å². The summed E-state index contributed by atoms with van der Waals surface area (Å²) >= 11 is 0. The first-order valence-corrected chi connectivity index (χ1v) is 15.2. The molecule has 0 aromatic rings. The van der Waals surface area contributed by atoms with Gasteiger partial charge in [-0.25, -0.2) is 25.4 Å². The Kier molecular flexibility index (Phi) is 13.3. The highest BCUT2D eigenvalue weighted by atomic mass is 32.3. The Labute approximate surface area is 191 Å². The van der Waals surface area contributed by atoms with Gasteiger partial charge >= 0.3 is 5.51 Å². The summed E-state index contributed by atoms with van der Waals surface area (Å²) in [6.07, 6.45) is 2.85. The molecule has 0 aliphatic rings. The zero-order valence-electron chi connectivity index (χ0n) is 19.2. The summed E-state index contributed by atoms with van der Waals surface area (Å²) in [5.74, 6) is 0. The zero-order chi connectivity index (χ0) is 25.2. The van der Waals surface area contributed by atoms with Gasteiger partial charge in [0.25, 0.3) is 0 Å². The van der Waals surface area contributed by atoms with Crippen molar-refractivity contribution in [2.45, 2.75) is 84.6 Å². The van der Waals surface area contributed by atoms with Gasteiger partial charge in [0, 0.05) is 26.2 Å². The molecule has 0 spiro atoms. The Morgan fingerprint density at radius 3 is 1.03 bits per heavy atom. The van der Waals surface area contributed by atoms with E-state index in [2.05, 4.69) is 0 Å². The summed E-state index contributed by atoms with van der Waals surface area (Å²) in [5, 5.41) is 0. The van der Waals surface area contributed by atoms with Gasteiger partial charge in [0.05, 0.1) is 3.91 Å². The van der Waals surface area contributed by atoms with Gasteiger partial charge in [-0.3, -0.25) is 8.42 Å². The van der Waals surface area contributed by atoms with Gasteiger partial charge in [-0.1, -0.05) is 53.4 Å². The number of nitrogens with zero attached hydrogens (tertiary/aromatic N) is 2. The standard InChI is InChI=1S/C18H36F3N2O6S3/c1-5-9-13-22(14-10-6-2)31(26,27)17(30(24,25)18(19,20)21)32(28,29)23(15-11-7-3)16-12-8-4/h5-16H2,1-4H3/q-1. The molecule has 14 heteroatoms. The monoisotopic (exact) mass is 529 g/mol. The van der Waals surface area contributed by atoms with Gasteiger partial charge < -0.3 is 0 Å². The van der Waals surface area contributed by atoms with Gasteiger partial charge in [0.2, 0.25) is 0 Å². The average molecular weight is 530 g/mol. The molecule has 0 saturated carbocycles. The number of rotatable bonds is 17. The first kappa shape index (κ1) is 31.6. The summed E-state index contributed by atoms with van der Waals surface area (Å²) in [5.41, 5.74) is -6.09. The van der Waals surface area contributed by atoms with Crippen molar-refractivity contribution in [2.75, 3.05) is 26.2 Å². The number of unbranched alkanes of at least 4 members (excludes halogenated alkanes) is 4. The molecule has 0 radical (unpaired) electrons. The number of sulfone groups is 1. The smallest absolute Gasteiger partial charge is 0.251 e. The van der Waals surface area contributed by atoms with Crippen molar-refractivity contribution in [2.24, 2.45) is 0 Å². The SMILES string of the molecule is CCCCN(CCCC)S(=O)(=O)[C-](S(=O)(=O)N(CCCC)CCCC)S(=O)(=O)C(F)(F)F. The van der Waals surface area contributed by atoms with Crippen molar-refractivity contribution in [3.8, 4) is 0 Å². The lowest BCUT2D eigenvalue weighted by Crippen LogP contribution is -2.50. The van der Waals surface area contributed by atoms with Crippen LogP contribution in [-0.2, 0) is 29.9 Å². The summed E-state index contributed by atoms with van der Waals surface area (Å²) in [6.45, 7) is 5.74. The van der Waals surface area contributed by atoms with Gasteiger partial charge in [-0.05, 0) is 25.7 Å². The topological polar surface area (TPSA) is 109 Å². The molecule has 0 fully saturated rings. The van der Waals surface area contributed by atoms with Crippen molar-refractivity contribution < 1.29 is 38.4 Å². The molecule has 0 aliphatic carbocycles. The molecule has 194 valence electrons. The molecule has 0 unspecified atom stereocenters. The average Bonchev–Trinajstić information content (AvgIpc) is 2.66. The van der Waals surface area contributed by atoms with Crippen molar-refractivity contribution >= 4 is 29.9 Å². The maximum Gasteiger partial charge on any atom is 0.470 e. The molecule has 0 N–H and O–H groups in total. The van der Waals surface area contributed by atoms with Crippen molar-refractivity contribution in [1.82, 2.24) is 8.61 Å². The molecule has 0 aromatic heterocycles. The maximum absolute atomic E-state index is 13.5. The normalized spacial score (nSPS) is 14.1. The summed E-state index contributed by atoms with van der Waals surface area (Å²) in [6, 6.07) is 0. The third-order valence-electron chi connectivity index (χ3n) is 4.67. The fourth-order valence-electron chi connectivity index (χ4n) is 2.76. The fourth-order valence-corrected chi connectivity index (χ4v) is 9.96. The third kappa shape index (κ3) is 8.10. The van der Waals surface area contributed by atoms with Crippen LogP contribution in [0.3, 0.4) is 0 Å². The van der Waals surface area contributed by atoms with Crippen LogP contribution in [0, 0.1) is 3.91 Å². The largest absolute Gasteiger partial charge is 0.470 e. The van der Waals surface area contributed by atoms with Crippen molar-refractivity contribution in [3.63, 3.8) is 0 Å². The molecule has 0 amide bonds. The van der Waals surface area contributed by atoms with Crippen LogP contribution in [0.25, 0.3) is 0 Å². The predicted octanol–water partition coefficient (Wildman–Crippen LogP) is 3.83. The predicted molar refractivity (Wildman–Crippen MR) is 119 cm³/mol. The molecule has 0 bridgehead atoms. The van der Waals surface area contributed by atoms with Crippen LogP contribution in [0.1, 0.15) is 79.1 Å². The zero-order valence-corrected chi connectivity index (χ0v) is 21.6. The van der Waals surface area contributed by atoms with E-state index in [4.69, 9.17) is 0 Å². The first-order valence-electron chi connectivity index (χ1n) is 10.8. The van der Waals surface area contributed by atoms with Gasteiger partial charge in [0.15, 0.2) is 9.84 Å². The van der Waals surface area contributed by atoms with Crippen LogP contribution >= 0.6 is 0 Å². The Morgan fingerprint density at radius 1 is 0.594 bits per heavy atom. The Morgan fingerprint density at radius 2 is 0.844 bits per heavy atom. The molecular weight excluding hydrogens is 493 g/mol. The summed E-state index contributed by atoms with van der Waals surface area (Å²) in [7, 11) is -17.7. The van der Waals surface area contributed by atoms with E-state index in [9.17, 15) is 38.4 Å². The highest BCUT2D eigenvalue weighted by Gasteiger charge is 2.53. The van der Waals surface area contributed by atoms with Gasteiger partial charge in [-0.2, -0.15) is 13.2 Å². The molecule has 0 aliphatic heterocycles. The van der Waals surface area contributed by atoms with E-state index in [1.807, 2.05) is 0 Å². The van der Waals surface area contributed by atoms with Crippen LogP contribution < -0.4 is 0 Å². The Hall–Kier alpha value is -0.440. The molecule has 8 nitrogen and oxygen atoms in total. The quantitative estimate of drug-likeness (QED) is 0.265. The van der Waals surface area contributed by atoms with E-state index in [0.29, 0.717) is 34.3 Å². The van der Waals surface area contributed by atoms with Gasteiger partial charge in [0.1, 0.15) is 20.0 Å². The third-order valence-corrected chi connectivity index (χ3v) is 12.5. The van der Waals surface area contributed by atoms with E-state index >= 15 is 0 Å². The molecule has 0 rings (SSSR count). The van der Waals surface area contributed by atoms with Gasteiger partial charge in [-0.15, -0.1) is 0 Å². The second-order valence-corrected chi connectivity index (χ2v) is 13.8. The van der Waals surface area contributed by atoms with E-state index < -0.39 is 39.3 Å². The number of sulfonamides is 2. The van der Waals surface area contributed by atoms with Crippen LogP contribution in [-0.4, -0.2) is 65.6 Å². The summed E-state index contributed by atoms with van der Waals surface area (Å²) in [4.78, 5) is 0.